The normalized spacial score (nSPS) is 11.5. The number of hydrogen-bond acceptors (Lipinski definition) is 4. The maximum Gasteiger partial charge on any atom is 0.266 e. The topological polar surface area (TPSA) is 97.5 Å². The smallest absolute Gasteiger partial charge is 0.266 e. The summed E-state index contributed by atoms with van der Waals surface area (Å²) < 4.78 is 25.5. The lowest BCUT2D eigenvalue weighted by atomic mass is 10.1. The van der Waals surface area contributed by atoms with Crippen molar-refractivity contribution in [2.24, 2.45) is 11.7 Å². The van der Waals surface area contributed by atoms with E-state index in [0.717, 1.165) is 4.31 Å². The number of nitrogens with zero attached hydrogens (tertiary/aromatic N) is 1. The molecule has 0 spiro atoms. The van der Waals surface area contributed by atoms with E-state index in [0.29, 0.717) is 11.1 Å². The summed E-state index contributed by atoms with van der Waals surface area (Å²) in [4.78, 5) is 22.8. The number of primary amides is 1. The predicted molar refractivity (Wildman–Crippen MR) is 78.9 cm³/mol. The first-order chi connectivity index (χ1) is 9.57. The van der Waals surface area contributed by atoms with Crippen molar-refractivity contribution >= 4 is 21.8 Å². The molecule has 0 radical (unpaired) electrons. The summed E-state index contributed by atoms with van der Waals surface area (Å²) in [6.45, 7) is 4.96. The number of aryl methyl sites for hydroxylation is 1. The van der Waals surface area contributed by atoms with Gasteiger partial charge in [-0.15, -0.1) is 0 Å². The Bertz CT molecular complexity index is 666. The molecular weight excluding hydrogens is 292 g/mol. The van der Waals surface area contributed by atoms with E-state index in [-0.39, 0.29) is 11.3 Å². The third-order valence-corrected chi connectivity index (χ3v) is 4.89. The van der Waals surface area contributed by atoms with Gasteiger partial charge in [0.15, 0.2) is 0 Å². The molecule has 0 saturated heterocycles. The summed E-state index contributed by atoms with van der Waals surface area (Å²) in [6.07, 6.45) is 0.0485. The van der Waals surface area contributed by atoms with Gasteiger partial charge in [-0.3, -0.25) is 9.59 Å². The fourth-order valence-corrected chi connectivity index (χ4v) is 3.18. The third kappa shape index (κ3) is 3.81. The van der Waals surface area contributed by atoms with E-state index in [9.17, 15) is 18.0 Å². The molecule has 0 heterocycles. The van der Waals surface area contributed by atoms with Crippen molar-refractivity contribution < 1.29 is 18.0 Å². The van der Waals surface area contributed by atoms with Crippen LogP contribution in [-0.4, -0.2) is 31.6 Å². The second-order valence-electron chi connectivity index (χ2n) is 5.20. The molecule has 0 aromatic heterocycles. The van der Waals surface area contributed by atoms with Gasteiger partial charge >= 0.3 is 0 Å². The summed E-state index contributed by atoms with van der Waals surface area (Å²) in [7, 11) is -2.64. The quantitative estimate of drug-likeness (QED) is 0.870. The standard InChI is InChI=1S/C14H20N2O4S/c1-9(2)14(18)16(4)21(19,20)12-6-5-11(8-13(15)17)10(3)7-12/h5-7,9H,8H2,1-4H3,(H2,15,17). The first-order valence-electron chi connectivity index (χ1n) is 6.48. The predicted octanol–water partition coefficient (Wildman–Crippen LogP) is 0.826. The fourth-order valence-electron chi connectivity index (χ4n) is 1.86. The first-order valence-corrected chi connectivity index (χ1v) is 7.92. The minimum atomic E-state index is -3.88. The molecule has 0 bridgehead atoms. The SMILES string of the molecule is Cc1cc(S(=O)(=O)N(C)C(=O)C(C)C)ccc1CC(N)=O. The highest BCUT2D eigenvalue weighted by Crippen LogP contribution is 2.20. The Morgan fingerprint density at radius 1 is 1.29 bits per heavy atom. The van der Waals surface area contributed by atoms with Crippen LogP contribution in [0.5, 0.6) is 0 Å². The van der Waals surface area contributed by atoms with Gasteiger partial charge < -0.3 is 5.73 Å². The van der Waals surface area contributed by atoms with Gasteiger partial charge in [0, 0.05) is 13.0 Å². The molecule has 1 aromatic rings. The van der Waals surface area contributed by atoms with Crippen molar-refractivity contribution in [3.63, 3.8) is 0 Å². The maximum atomic E-state index is 12.4. The Morgan fingerprint density at radius 3 is 2.29 bits per heavy atom. The zero-order chi connectivity index (χ0) is 16.4. The number of benzene rings is 1. The van der Waals surface area contributed by atoms with E-state index >= 15 is 0 Å². The number of amides is 2. The zero-order valence-electron chi connectivity index (χ0n) is 12.6. The lowest BCUT2D eigenvalue weighted by Gasteiger charge is -2.20. The number of nitrogens with two attached hydrogens (primary N) is 1. The average Bonchev–Trinajstić information content (AvgIpc) is 2.38. The fraction of sp³-hybridized carbons (Fsp3) is 0.429. The summed E-state index contributed by atoms with van der Waals surface area (Å²) in [5.41, 5.74) is 6.43. The van der Waals surface area contributed by atoms with Crippen molar-refractivity contribution in [1.82, 2.24) is 4.31 Å². The van der Waals surface area contributed by atoms with Crippen molar-refractivity contribution in [3.05, 3.63) is 29.3 Å². The molecule has 1 aromatic carbocycles. The maximum absolute atomic E-state index is 12.4. The van der Waals surface area contributed by atoms with E-state index in [1.807, 2.05) is 0 Å². The number of rotatable bonds is 5. The molecule has 0 fully saturated rings. The summed E-state index contributed by atoms with van der Waals surface area (Å²) in [5, 5.41) is 0. The van der Waals surface area contributed by atoms with E-state index in [2.05, 4.69) is 0 Å². The number of carbonyl (C=O) groups excluding carboxylic acids is 2. The van der Waals surface area contributed by atoms with Gasteiger partial charge in [-0.1, -0.05) is 19.9 Å². The minimum Gasteiger partial charge on any atom is -0.369 e. The highest BCUT2D eigenvalue weighted by atomic mass is 32.2. The van der Waals surface area contributed by atoms with Crippen LogP contribution >= 0.6 is 0 Å². The molecule has 21 heavy (non-hydrogen) atoms. The van der Waals surface area contributed by atoms with E-state index < -0.39 is 27.8 Å². The molecule has 6 nitrogen and oxygen atoms in total. The van der Waals surface area contributed by atoms with Gasteiger partial charge in [-0.2, -0.15) is 0 Å². The molecule has 0 aliphatic rings. The lowest BCUT2D eigenvalue weighted by molar-refractivity contribution is -0.128. The largest absolute Gasteiger partial charge is 0.369 e. The van der Waals surface area contributed by atoms with Gasteiger partial charge in [0.1, 0.15) is 0 Å². The van der Waals surface area contributed by atoms with Crippen molar-refractivity contribution in [1.29, 1.82) is 0 Å². The minimum absolute atomic E-state index is 0.0183. The van der Waals surface area contributed by atoms with Crippen LogP contribution in [0, 0.1) is 12.8 Å². The third-order valence-electron chi connectivity index (χ3n) is 3.14. The van der Waals surface area contributed by atoms with Crippen molar-refractivity contribution in [3.8, 4) is 0 Å². The van der Waals surface area contributed by atoms with Crippen LogP contribution in [0.3, 0.4) is 0 Å². The average molecular weight is 312 g/mol. The lowest BCUT2D eigenvalue weighted by Crippen LogP contribution is -2.36. The van der Waals surface area contributed by atoms with Crippen LogP contribution in [0.1, 0.15) is 25.0 Å². The summed E-state index contributed by atoms with van der Waals surface area (Å²) >= 11 is 0. The van der Waals surface area contributed by atoms with Crippen LogP contribution in [0.25, 0.3) is 0 Å². The Hall–Kier alpha value is -1.89. The monoisotopic (exact) mass is 312 g/mol. The van der Waals surface area contributed by atoms with Crippen molar-refractivity contribution in [2.75, 3.05) is 7.05 Å². The van der Waals surface area contributed by atoms with Gasteiger partial charge in [0.2, 0.25) is 11.8 Å². The van der Waals surface area contributed by atoms with Crippen LogP contribution in [-0.2, 0) is 26.0 Å². The molecule has 0 aliphatic heterocycles. The zero-order valence-corrected chi connectivity index (χ0v) is 13.4. The molecule has 0 saturated carbocycles. The number of carbonyl (C=O) groups is 2. The molecule has 0 aliphatic carbocycles. The van der Waals surface area contributed by atoms with Crippen LogP contribution in [0.2, 0.25) is 0 Å². The number of sulfonamides is 1. The Morgan fingerprint density at radius 2 is 1.86 bits per heavy atom. The first kappa shape index (κ1) is 17.2. The van der Waals surface area contributed by atoms with Gasteiger partial charge in [-0.25, -0.2) is 12.7 Å². The Labute approximate surface area is 125 Å². The molecule has 0 atom stereocenters. The van der Waals surface area contributed by atoms with Crippen LogP contribution < -0.4 is 5.73 Å². The van der Waals surface area contributed by atoms with Gasteiger partial charge in [0.25, 0.3) is 10.0 Å². The van der Waals surface area contributed by atoms with Crippen LogP contribution in [0.15, 0.2) is 23.1 Å². The Balaban J connectivity index is 3.19. The van der Waals surface area contributed by atoms with E-state index in [4.69, 9.17) is 5.73 Å². The number of hydrogen-bond donors (Lipinski definition) is 1. The second-order valence-corrected chi connectivity index (χ2v) is 7.17. The molecule has 2 amide bonds. The molecule has 1 rings (SSSR count). The highest BCUT2D eigenvalue weighted by molar-refractivity contribution is 7.89. The second kappa shape index (κ2) is 6.26. The van der Waals surface area contributed by atoms with Crippen molar-refractivity contribution in [2.45, 2.75) is 32.1 Å². The van der Waals surface area contributed by atoms with E-state index in [1.54, 1.807) is 26.8 Å². The van der Waals surface area contributed by atoms with Crippen LogP contribution in [0.4, 0.5) is 0 Å². The van der Waals surface area contributed by atoms with Gasteiger partial charge in [-0.05, 0) is 30.2 Å². The Kier molecular flexibility index (Phi) is 5.11. The molecule has 2 N–H and O–H groups in total. The summed E-state index contributed by atoms with van der Waals surface area (Å²) in [6, 6.07) is 4.36. The summed E-state index contributed by atoms with van der Waals surface area (Å²) in [5.74, 6) is -1.38. The van der Waals surface area contributed by atoms with Gasteiger partial charge in [0.05, 0.1) is 11.3 Å². The highest BCUT2D eigenvalue weighted by Gasteiger charge is 2.27. The molecule has 7 heteroatoms. The van der Waals surface area contributed by atoms with E-state index in [1.165, 1.54) is 19.2 Å². The molecular formula is C14H20N2O4S. The molecule has 116 valence electrons. The molecule has 0 unspecified atom stereocenters.